The van der Waals surface area contributed by atoms with Crippen molar-refractivity contribution < 1.29 is 18.6 Å². The van der Waals surface area contributed by atoms with Crippen molar-refractivity contribution in [2.75, 3.05) is 7.11 Å². The minimum absolute atomic E-state index is 0.00491. The van der Waals surface area contributed by atoms with Crippen molar-refractivity contribution in [1.82, 2.24) is 0 Å². The molecule has 24 heavy (non-hydrogen) atoms. The van der Waals surface area contributed by atoms with Gasteiger partial charge in [-0.3, -0.25) is 0 Å². The van der Waals surface area contributed by atoms with Gasteiger partial charge < -0.3 is 9.84 Å². The largest absolute Gasteiger partial charge is 0.503 e. The van der Waals surface area contributed by atoms with Gasteiger partial charge in [0.25, 0.3) is 0 Å². The van der Waals surface area contributed by atoms with Crippen LogP contribution in [0, 0.1) is 11.6 Å². The van der Waals surface area contributed by atoms with E-state index in [2.05, 4.69) is 9.98 Å². The predicted molar refractivity (Wildman–Crippen MR) is 90.0 cm³/mol. The molecule has 2 aromatic carbocycles. The van der Waals surface area contributed by atoms with Crippen LogP contribution in [-0.4, -0.2) is 24.6 Å². The molecule has 122 valence electrons. The number of halogens is 3. The lowest BCUT2D eigenvalue weighted by atomic mass is 9.97. The number of methoxy groups -OCH3 is 1. The molecule has 0 saturated carbocycles. The summed E-state index contributed by atoms with van der Waals surface area (Å²) in [5, 5.41) is 10.2. The number of aliphatic imine (C=N–C) groups is 2. The number of hydrogen-bond acceptors (Lipinski definition) is 4. The molecular formula is C17H11ClF2N2O2. The molecule has 3 rings (SSSR count). The monoisotopic (exact) mass is 348 g/mol. The van der Waals surface area contributed by atoms with Gasteiger partial charge in [-0.15, -0.1) is 0 Å². The number of phenolic OH excluding ortho intramolecular Hbond substituents is 1. The smallest absolute Gasteiger partial charge is 0.177 e. The van der Waals surface area contributed by atoms with Crippen molar-refractivity contribution in [3.05, 3.63) is 52.3 Å². The van der Waals surface area contributed by atoms with Crippen LogP contribution in [0.3, 0.4) is 0 Å². The van der Waals surface area contributed by atoms with E-state index in [1.807, 2.05) is 0 Å². The van der Waals surface area contributed by atoms with Crippen LogP contribution in [-0.2, 0) is 0 Å². The third-order valence-electron chi connectivity index (χ3n) is 3.36. The summed E-state index contributed by atoms with van der Waals surface area (Å²) in [5.41, 5.74) is 0.919. The molecule has 1 aliphatic rings. The molecule has 1 N–H and O–H groups in total. The van der Waals surface area contributed by atoms with Crippen molar-refractivity contribution in [2.24, 2.45) is 9.98 Å². The molecule has 0 saturated heterocycles. The van der Waals surface area contributed by atoms with Crippen molar-refractivity contribution in [2.45, 2.75) is 0 Å². The molecule has 0 amide bonds. The molecule has 0 aromatic heterocycles. The van der Waals surface area contributed by atoms with Gasteiger partial charge in [0.05, 0.1) is 12.1 Å². The Labute approximate surface area is 141 Å². The molecule has 0 fully saturated rings. The van der Waals surface area contributed by atoms with Crippen molar-refractivity contribution in [3.8, 4) is 22.6 Å². The summed E-state index contributed by atoms with van der Waals surface area (Å²) in [6.45, 7) is 0. The first-order chi connectivity index (χ1) is 11.5. The molecule has 1 aliphatic heterocycles. The third kappa shape index (κ3) is 3.00. The van der Waals surface area contributed by atoms with E-state index < -0.39 is 11.6 Å². The molecule has 2 aromatic rings. The van der Waals surface area contributed by atoms with Crippen LogP contribution in [0.25, 0.3) is 17.2 Å². The number of ether oxygens (including phenoxy) is 1. The van der Waals surface area contributed by atoms with Crippen molar-refractivity contribution >= 4 is 30.1 Å². The van der Waals surface area contributed by atoms with Crippen LogP contribution in [0.15, 0.2) is 40.1 Å². The van der Waals surface area contributed by atoms with E-state index in [-0.39, 0.29) is 27.6 Å². The topological polar surface area (TPSA) is 54.2 Å². The number of hydrogen-bond donors (Lipinski definition) is 1. The van der Waals surface area contributed by atoms with Gasteiger partial charge in [-0.2, -0.15) is 0 Å². The van der Waals surface area contributed by atoms with Crippen LogP contribution in [0.1, 0.15) is 5.56 Å². The van der Waals surface area contributed by atoms with Gasteiger partial charge in [-0.25, -0.2) is 18.8 Å². The first-order valence-corrected chi connectivity index (χ1v) is 7.21. The zero-order valence-corrected chi connectivity index (χ0v) is 13.2. The summed E-state index contributed by atoms with van der Waals surface area (Å²) < 4.78 is 32.5. The quantitative estimate of drug-likeness (QED) is 0.890. The second-order valence-electron chi connectivity index (χ2n) is 4.92. The molecule has 0 bridgehead atoms. The minimum atomic E-state index is -0.753. The van der Waals surface area contributed by atoms with E-state index in [1.54, 1.807) is 6.08 Å². The lowest BCUT2D eigenvalue weighted by Gasteiger charge is -2.15. The lowest BCUT2D eigenvalue weighted by Crippen LogP contribution is -1.95. The van der Waals surface area contributed by atoms with E-state index in [0.29, 0.717) is 11.4 Å². The Morgan fingerprint density at radius 2 is 1.71 bits per heavy atom. The highest BCUT2D eigenvalue weighted by atomic mass is 35.5. The van der Waals surface area contributed by atoms with Crippen LogP contribution in [0.2, 0.25) is 5.02 Å². The fraction of sp³-hybridized carbons (Fsp3) is 0.0588. The Morgan fingerprint density at radius 1 is 1.08 bits per heavy atom. The average molecular weight is 349 g/mol. The van der Waals surface area contributed by atoms with E-state index in [0.717, 1.165) is 18.2 Å². The molecule has 0 aliphatic carbocycles. The van der Waals surface area contributed by atoms with Gasteiger partial charge >= 0.3 is 0 Å². The Kier molecular flexibility index (Phi) is 4.31. The minimum Gasteiger partial charge on any atom is -0.503 e. The first-order valence-electron chi connectivity index (χ1n) is 6.84. The fourth-order valence-corrected chi connectivity index (χ4v) is 2.61. The maximum atomic E-state index is 13.6. The average Bonchev–Trinajstić information content (AvgIpc) is 3.02. The van der Waals surface area contributed by atoms with E-state index in [9.17, 15) is 13.9 Å². The summed E-state index contributed by atoms with van der Waals surface area (Å²) in [6.07, 6.45) is 4.59. The summed E-state index contributed by atoms with van der Waals surface area (Å²) >= 11 is 6.02. The first kappa shape index (κ1) is 16.1. The molecule has 0 radical (unpaired) electrons. The number of rotatable bonds is 3. The Bertz CT molecular complexity index is 874. The summed E-state index contributed by atoms with van der Waals surface area (Å²) in [4.78, 5) is 8.06. The SMILES string of the molecule is COc1c(O)c(Cl)cc(C=C2N=CC=N2)c1-c1cc(F)cc(F)c1. The molecule has 0 atom stereocenters. The Hall–Kier alpha value is -2.73. The van der Waals surface area contributed by atoms with Crippen LogP contribution in [0.4, 0.5) is 8.78 Å². The van der Waals surface area contributed by atoms with Crippen LogP contribution < -0.4 is 4.74 Å². The molecule has 0 spiro atoms. The number of nitrogens with zero attached hydrogens (tertiary/aromatic N) is 2. The molecule has 0 unspecified atom stereocenters. The molecule has 4 nitrogen and oxygen atoms in total. The van der Waals surface area contributed by atoms with Gasteiger partial charge in [0.15, 0.2) is 17.3 Å². The zero-order valence-electron chi connectivity index (χ0n) is 12.4. The standard InChI is InChI=1S/C17H11ClF2N2O2/c1-24-17-15(9-4-11(19)8-12(20)5-9)10(6-13(18)16(17)23)7-14-21-2-3-22-14/h2-8,23H,1H3. The summed E-state index contributed by atoms with van der Waals surface area (Å²) in [6, 6.07) is 4.48. The molecule has 1 heterocycles. The van der Waals surface area contributed by atoms with Gasteiger partial charge in [-0.1, -0.05) is 11.6 Å². The number of benzene rings is 2. The second-order valence-corrected chi connectivity index (χ2v) is 5.33. The number of phenols is 1. The highest BCUT2D eigenvalue weighted by Gasteiger charge is 2.20. The van der Waals surface area contributed by atoms with Gasteiger partial charge in [-0.05, 0) is 35.4 Å². The molecular weight excluding hydrogens is 338 g/mol. The zero-order chi connectivity index (χ0) is 17.3. The number of aromatic hydroxyl groups is 1. The van der Waals surface area contributed by atoms with Crippen molar-refractivity contribution in [3.63, 3.8) is 0 Å². The lowest BCUT2D eigenvalue weighted by molar-refractivity contribution is 0.375. The summed E-state index contributed by atoms with van der Waals surface area (Å²) in [7, 11) is 1.33. The van der Waals surface area contributed by atoms with E-state index in [4.69, 9.17) is 16.3 Å². The van der Waals surface area contributed by atoms with Gasteiger partial charge in [0, 0.05) is 24.1 Å². The van der Waals surface area contributed by atoms with Crippen LogP contribution >= 0.6 is 11.6 Å². The Morgan fingerprint density at radius 3 is 2.29 bits per heavy atom. The second kappa shape index (κ2) is 6.41. The fourth-order valence-electron chi connectivity index (χ4n) is 2.41. The Balaban J connectivity index is 2.32. The molecule has 7 heteroatoms. The maximum Gasteiger partial charge on any atom is 0.177 e. The predicted octanol–water partition coefficient (Wildman–Crippen LogP) is 4.45. The van der Waals surface area contributed by atoms with Gasteiger partial charge in [0.1, 0.15) is 11.6 Å². The van der Waals surface area contributed by atoms with Crippen molar-refractivity contribution in [1.29, 1.82) is 0 Å². The highest BCUT2D eigenvalue weighted by Crippen LogP contribution is 2.45. The van der Waals surface area contributed by atoms with Gasteiger partial charge in [0.2, 0.25) is 0 Å². The third-order valence-corrected chi connectivity index (χ3v) is 3.65. The van der Waals surface area contributed by atoms with Crippen LogP contribution in [0.5, 0.6) is 11.5 Å². The van der Waals surface area contributed by atoms with E-state index in [1.165, 1.54) is 25.6 Å². The summed E-state index contributed by atoms with van der Waals surface area (Å²) in [5.74, 6) is -1.43. The van der Waals surface area contributed by atoms with E-state index >= 15 is 0 Å². The highest BCUT2D eigenvalue weighted by molar-refractivity contribution is 6.32. The normalized spacial score (nSPS) is 12.8. The maximum absolute atomic E-state index is 13.6.